The summed E-state index contributed by atoms with van der Waals surface area (Å²) in [6.07, 6.45) is 4.73. The topological polar surface area (TPSA) is 80.9 Å². The van der Waals surface area contributed by atoms with Crippen molar-refractivity contribution in [3.8, 4) is 0 Å². The standard InChI is InChI=1S/C15H20N4O/c1-3-15(4-2,10-16)14(20)19-11-5-6-12-13(9-11)18-8-7-17-12/h5-9H,3-4,10,16H2,1-2H3,(H,19,20). The Hall–Kier alpha value is -2.01. The van der Waals surface area contributed by atoms with E-state index < -0.39 is 5.41 Å². The third-order valence-corrected chi connectivity index (χ3v) is 3.95. The lowest BCUT2D eigenvalue weighted by molar-refractivity contribution is -0.125. The van der Waals surface area contributed by atoms with E-state index in [1.165, 1.54) is 0 Å². The lowest BCUT2D eigenvalue weighted by atomic mass is 9.81. The summed E-state index contributed by atoms with van der Waals surface area (Å²) in [7, 11) is 0. The number of anilines is 1. The second kappa shape index (κ2) is 5.96. The average Bonchev–Trinajstić information content (AvgIpc) is 2.49. The molecule has 5 heteroatoms. The molecule has 1 aromatic heterocycles. The molecule has 1 amide bonds. The van der Waals surface area contributed by atoms with Gasteiger partial charge in [0, 0.05) is 24.6 Å². The van der Waals surface area contributed by atoms with Crippen LogP contribution in [0.5, 0.6) is 0 Å². The van der Waals surface area contributed by atoms with Gasteiger partial charge in [0.1, 0.15) is 0 Å². The van der Waals surface area contributed by atoms with Gasteiger partial charge in [-0.2, -0.15) is 0 Å². The number of amides is 1. The second-order valence-corrected chi connectivity index (χ2v) is 4.91. The predicted octanol–water partition coefficient (Wildman–Crippen LogP) is 2.33. The maximum Gasteiger partial charge on any atom is 0.231 e. The molecule has 0 aliphatic carbocycles. The Balaban J connectivity index is 2.25. The van der Waals surface area contributed by atoms with Crippen LogP contribution in [0.4, 0.5) is 5.69 Å². The number of hydrogen-bond donors (Lipinski definition) is 2. The van der Waals surface area contributed by atoms with Gasteiger partial charge in [-0.05, 0) is 31.0 Å². The zero-order valence-electron chi connectivity index (χ0n) is 11.9. The maximum atomic E-state index is 12.4. The smallest absolute Gasteiger partial charge is 0.231 e. The third-order valence-electron chi connectivity index (χ3n) is 3.95. The van der Waals surface area contributed by atoms with E-state index in [0.717, 1.165) is 29.6 Å². The molecule has 20 heavy (non-hydrogen) atoms. The number of benzene rings is 1. The van der Waals surface area contributed by atoms with Gasteiger partial charge in [-0.25, -0.2) is 0 Å². The molecule has 1 heterocycles. The Morgan fingerprint density at radius 1 is 1.20 bits per heavy atom. The summed E-state index contributed by atoms with van der Waals surface area (Å²) in [6, 6.07) is 5.51. The molecule has 5 nitrogen and oxygen atoms in total. The molecule has 0 aliphatic heterocycles. The van der Waals surface area contributed by atoms with E-state index in [4.69, 9.17) is 5.73 Å². The Kier molecular flexibility index (Phi) is 4.29. The molecule has 0 unspecified atom stereocenters. The fraction of sp³-hybridized carbons (Fsp3) is 0.400. The summed E-state index contributed by atoms with van der Waals surface area (Å²) in [5.41, 5.74) is 7.58. The van der Waals surface area contributed by atoms with Crippen LogP contribution >= 0.6 is 0 Å². The molecule has 0 spiro atoms. The van der Waals surface area contributed by atoms with Crippen molar-refractivity contribution < 1.29 is 4.79 Å². The van der Waals surface area contributed by atoms with Crippen LogP contribution in [0.1, 0.15) is 26.7 Å². The van der Waals surface area contributed by atoms with E-state index in [1.54, 1.807) is 12.4 Å². The van der Waals surface area contributed by atoms with Gasteiger partial charge in [0.05, 0.1) is 16.4 Å². The Bertz CT molecular complexity index is 599. The Morgan fingerprint density at radius 3 is 2.45 bits per heavy atom. The van der Waals surface area contributed by atoms with Crippen LogP contribution in [0.15, 0.2) is 30.6 Å². The number of rotatable bonds is 5. The molecular formula is C15H20N4O. The highest BCUT2D eigenvalue weighted by Gasteiger charge is 2.33. The highest BCUT2D eigenvalue weighted by atomic mass is 16.2. The first kappa shape index (κ1) is 14.4. The van der Waals surface area contributed by atoms with Crippen LogP contribution in [0, 0.1) is 5.41 Å². The first-order valence-corrected chi connectivity index (χ1v) is 6.87. The fourth-order valence-electron chi connectivity index (χ4n) is 2.26. The van der Waals surface area contributed by atoms with Crippen molar-refractivity contribution in [3.63, 3.8) is 0 Å². The molecular weight excluding hydrogens is 252 g/mol. The minimum atomic E-state index is -0.503. The molecule has 0 atom stereocenters. The Morgan fingerprint density at radius 2 is 1.85 bits per heavy atom. The summed E-state index contributed by atoms with van der Waals surface area (Å²) in [6.45, 7) is 4.32. The monoisotopic (exact) mass is 272 g/mol. The minimum absolute atomic E-state index is 0.0340. The molecule has 2 aromatic rings. The number of nitrogens with zero attached hydrogens (tertiary/aromatic N) is 2. The third kappa shape index (κ3) is 2.63. The summed E-state index contributed by atoms with van der Waals surface area (Å²) in [5.74, 6) is -0.0340. The molecule has 0 saturated carbocycles. The van der Waals surface area contributed by atoms with Crippen molar-refractivity contribution in [1.29, 1.82) is 0 Å². The molecule has 0 fully saturated rings. The van der Waals surface area contributed by atoms with Crippen molar-refractivity contribution in [2.75, 3.05) is 11.9 Å². The van der Waals surface area contributed by atoms with Crippen molar-refractivity contribution in [1.82, 2.24) is 9.97 Å². The zero-order chi connectivity index (χ0) is 14.6. The van der Waals surface area contributed by atoms with Gasteiger partial charge in [0.25, 0.3) is 0 Å². The molecule has 0 bridgehead atoms. The van der Waals surface area contributed by atoms with Gasteiger partial charge in [-0.1, -0.05) is 13.8 Å². The van der Waals surface area contributed by atoms with Gasteiger partial charge in [-0.3, -0.25) is 14.8 Å². The van der Waals surface area contributed by atoms with Gasteiger partial charge < -0.3 is 11.1 Å². The van der Waals surface area contributed by atoms with E-state index in [2.05, 4.69) is 15.3 Å². The first-order valence-electron chi connectivity index (χ1n) is 6.87. The van der Waals surface area contributed by atoms with Crippen molar-refractivity contribution >= 4 is 22.6 Å². The van der Waals surface area contributed by atoms with Crippen LogP contribution in [0.25, 0.3) is 11.0 Å². The van der Waals surface area contributed by atoms with E-state index >= 15 is 0 Å². The largest absolute Gasteiger partial charge is 0.329 e. The van der Waals surface area contributed by atoms with E-state index in [0.29, 0.717) is 6.54 Å². The number of hydrogen-bond acceptors (Lipinski definition) is 4. The van der Waals surface area contributed by atoms with E-state index in [9.17, 15) is 4.79 Å². The fourth-order valence-corrected chi connectivity index (χ4v) is 2.26. The number of fused-ring (bicyclic) bond motifs is 1. The highest BCUT2D eigenvalue weighted by molar-refractivity contribution is 5.96. The van der Waals surface area contributed by atoms with Gasteiger partial charge in [0.15, 0.2) is 0 Å². The number of carbonyl (C=O) groups excluding carboxylic acids is 1. The zero-order valence-corrected chi connectivity index (χ0v) is 11.9. The molecule has 3 N–H and O–H groups in total. The van der Waals surface area contributed by atoms with Crippen LogP contribution in [0.3, 0.4) is 0 Å². The van der Waals surface area contributed by atoms with Crippen molar-refractivity contribution in [3.05, 3.63) is 30.6 Å². The van der Waals surface area contributed by atoms with Crippen LogP contribution < -0.4 is 11.1 Å². The number of nitrogens with one attached hydrogen (secondary N) is 1. The molecule has 0 aliphatic rings. The predicted molar refractivity (Wildman–Crippen MR) is 80.2 cm³/mol. The summed E-state index contributed by atoms with van der Waals surface area (Å²) in [4.78, 5) is 20.9. The van der Waals surface area contributed by atoms with Crippen LogP contribution in [-0.4, -0.2) is 22.4 Å². The highest BCUT2D eigenvalue weighted by Crippen LogP contribution is 2.27. The van der Waals surface area contributed by atoms with Gasteiger partial charge >= 0.3 is 0 Å². The normalized spacial score (nSPS) is 11.6. The van der Waals surface area contributed by atoms with Crippen LogP contribution in [0.2, 0.25) is 0 Å². The summed E-state index contributed by atoms with van der Waals surface area (Å²) >= 11 is 0. The van der Waals surface area contributed by atoms with Crippen molar-refractivity contribution in [2.45, 2.75) is 26.7 Å². The second-order valence-electron chi connectivity index (χ2n) is 4.91. The number of carbonyl (C=O) groups is 1. The quantitative estimate of drug-likeness (QED) is 0.875. The molecule has 0 saturated heterocycles. The molecule has 0 radical (unpaired) electrons. The molecule has 1 aromatic carbocycles. The number of nitrogens with two attached hydrogens (primary N) is 1. The molecule has 106 valence electrons. The van der Waals surface area contributed by atoms with E-state index in [-0.39, 0.29) is 5.91 Å². The lowest BCUT2D eigenvalue weighted by Gasteiger charge is -2.28. The maximum absolute atomic E-state index is 12.4. The molecule has 2 rings (SSSR count). The van der Waals surface area contributed by atoms with Gasteiger partial charge in [0.2, 0.25) is 5.91 Å². The average molecular weight is 272 g/mol. The minimum Gasteiger partial charge on any atom is -0.329 e. The SMILES string of the molecule is CCC(CC)(CN)C(=O)Nc1ccc2nccnc2c1. The summed E-state index contributed by atoms with van der Waals surface area (Å²) in [5, 5.41) is 2.94. The lowest BCUT2D eigenvalue weighted by Crippen LogP contribution is -2.41. The summed E-state index contributed by atoms with van der Waals surface area (Å²) < 4.78 is 0. The van der Waals surface area contributed by atoms with Crippen molar-refractivity contribution in [2.24, 2.45) is 11.1 Å². The van der Waals surface area contributed by atoms with E-state index in [1.807, 2.05) is 32.0 Å². The number of aromatic nitrogens is 2. The van der Waals surface area contributed by atoms with Gasteiger partial charge in [-0.15, -0.1) is 0 Å². The first-order chi connectivity index (χ1) is 9.65. The Labute approximate surface area is 118 Å². The van der Waals surface area contributed by atoms with Crippen LogP contribution in [-0.2, 0) is 4.79 Å².